The smallest absolute Gasteiger partial charge is 0.114 e. The zero-order chi connectivity index (χ0) is 8.39. The highest BCUT2D eigenvalue weighted by atomic mass is 16.5. The van der Waals surface area contributed by atoms with Gasteiger partial charge in [0.15, 0.2) is 0 Å². The van der Waals surface area contributed by atoms with Crippen molar-refractivity contribution in [2.24, 2.45) is 0 Å². The van der Waals surface area contributed by atoms with Crippen LogP contribution in [0.5, 0.6) is 0 Å². The summed E-state index contributed by atoms with van der Waals surface area (Å²) in [5, 5.41) is 0. The van der Waals surface area contributed by atoms with Gasteiger partial charge in [0.25, 0.3) is 0 Å². The van der Waals surface area contributed by atoms with Crippen LogP contribution < -0.4 is 0 Å². The van der Waals surface area contributed by atoms with E-state index in [4.69, 9.17) is 4.74 Å². The quantitative estimate of drug-likeness (QED) is 0.620. The Balaban J connectivity index is 2.10. The van der Waals surface area contributed by atoms with Crippen molar-refractivity contribution in [3.8, 4) is 0 Å². The van der Waals surface area contributed by atoms with E-state index in [0.29, 0.717) is 0 Å². The molecule has 1 heteroatoms. The van der Waals surface area contributed by atoms with Gasteiger partial charge in [-0.05, 0) is 12.0 Å². The number of fused-ring (bicyclic) bond motifs is 1. The molecule has 1 heterocycles. The van der Waals surface area contributed by atoms with Crippen LogP contribution in [0.3, 0.4) is 0 Å². The van der Waals surface area contributed by atoms with Crippen LogP contribution in [-0.2, 0) is 4.74 Å². The average Bonchev–Trinajstić information content (AvgIpc) is 2.62. The molecule has 64 valence electrons. The summed E-state index contributed by atoms with van der Waals surface area (Å²) in [6.07, 6.45) is 10.00. The molecule has 0 fully saturated rings. The van der Waals surface area contributed by atoms with Gasteiger partial charge in [0.2, 0.25) is 0 Å². The van der Waals surface area contributed by atoms with E-state index in [1.165, 1.54) is 29.7 Å². The summed E-state index contributed by atoms with van der Waals surface area (Å²) in [7, 11) is 0. The Labute approximate surface area is 73.4 Å². The van der Waals surface area contributed by atoms with Crippen LogP contribution in [0.2, 0.25) is 0 Å². The van der Waals surface area contributed by atoms with Crippen LogP contribution in [0.15, 0.2) is 35.1 Å². The molecule has 0 radical (unpaired) electrons. The molecule has 0 unspecified atom stereocenters. The van der Waals surface area contributed by atoms with E-state index in [2.05, 4.69) is 25.2 Å². The molecule has 0 atom stereocenters. The molecular formula is C11H14O. The lowest BCUT2D eigenvalue weighted by Gasteiger charge is -2.01. The highest BCUT2D eigenvalue weighted by molar-refractivity contribution is 5.52. The summed E-state index contributed by atoms with van der Waals surface area (Å²) in [5.74, 6) is 1.21. The molecule has 0 aromatic rings. The van der Waals surface area contributed by atoms with Crippen LogP contribution in [0.1, 0.15) is 26.2 Å². The molecule has 0 N–H and O–H groups in total. The van der Waals surface area contributed by atoms with Gasteiger partial charge in [-0.1, -0.05) is 31.6 Å². The topological polar surface area (TPSA) is 9.23 Å². The van der Waals surface area contributed by atoms with E-state index in [1.807, 2.05) is 0 Å². The average molecular weight is 162 g/mol. The van der Waals surface area contributed by atoms with Crippen LogP contribution in [0.25, 0.3) is 0 Å². The third-order valence-electron chi connectivity index (χ3n) is 2.37. The van der Waals surface area contributed by atoms with Crippen LogP contribution >= 0.6 is 0 Å². The first-order chi connectivity index (χ1) is 5.92. The van der Waals surface area contributed by atoms with Crippen molar-refractivity contribution in [1.82, 2.24) is 0 Å². The number of rotatable bonds is 3. The lowest BCUT2D eigenvalue weighted by atomic mass is 10.1. The highest BCUT2D eigenvalue weighted by Gasteiger charge is 2.20. The van der Waals surface area contributed by atoms with E-state index in [9.17, 15) is 0 Å². The second kappa shape index (κ2) is 3.18. The molecule has 0 saturated heterocycles. The highest BCUT2D eigenvalue weighted by Crippen LogP contribution is 2.32. The van der Waals surface area contributed by atoms with Gasteiger partial charge in [-0.25, -0.2) is 0 Å². The van der Waals surface area contributed by atoms with Crippen LogP contribution in [0, 0.1) is 0 Å². The van der Waals surface area contributed by atoms with E-state index in [1.54, 1.807) is 0 Å². The van der Waals surface area contributed by atoms with Gasteiger partial charge >= 0.3 is 0 Å². The van der Waals surface area contributed by atoms with Crippen molar-refractivity contribution in [3.05, 3.63) is 35.1 Å². The lowest BCUT2D eigenvalue weighted by molar-refractivity contribution is 0.247. The molecule has 0 aromatic heterocycles. The minimum Gasteiger partial charge on any atom is -0.493 e. The molecule has 0 aromatic carbocycles. The molecule has 0 saturated carbocycles. The fourth-order valence-electron chi connectivity index (χ4n) is 1.64. The first kappa shape index (κ1) is 7.66. The maximum Gasteiger partial charge on any atom is 0.114 e. The largest absolute Gasteiger partial charge is 0.493 e. The van der Waals surface area contributed by atoms with Gasteiger partial charge in [-0.15, -0.1) is 0 Å². The minimum atomic E-state index is 0.793. The zero-order valence-electron chi connectivity index (χ0n) is 7.47. The normalized spacial score (nSPS) is 19.6. The second-order valence-corrected chi connectivity index (χ2v) is 3.28. The molecule has 12 heavy (non-hydrogen) atoms. The van der Waals surface area contributed by atoms with Gasteiger partial charge < -0.3 is 4.74 Å². The maximum atomic E-state index is 5.58. The van der Waals surface area contributed by atoms with E-state index in [0.717, 1.165) is 13.0 Å². The van der Waals surface area contributed by atoms with Crippen molar-refractivity contribution >= 4 is 0 Å². The van der Waals surface area contributed by atoms with E-state index < -0.39 is 0 Å². The van der Waals surface area contributed by atoms with Gasteiger partial charge in [0.05, 0.1) is 0 Å². The predicted octanol–water partition coefficient (Wildman–Crippen LogP) is 2.96. The number of ether oxygens (including phenoxy) is 1. The Hall–Kier alpha value is -0.980. The van der Waals surface area contributed by atoms with Gasteiger partial charge in [0.1, 0.15) is 12.4 Å². The molecule has 1 aliphatic heterocycles. The monoisotopic (exact) mass is 162 g/mol. The SMILES string of the molecule is CCCCC1=C2C=CC=C2CO1. The summed E-state index contributed by atoms with van der Waals surface area (Å²) in [4.78, 5) is 0. The number of allylic oxidation sites excluding steroid dienone is 4. The molecule has 0 bridgehead atoms. The predicted molar refractivity (Wildman–Crippen MR) is 49.7 cm³/mol. The number of unbranched alkanes of at least 4 members (excludes halogenated alkanes) is 1. The van der Waals surface area contributed by atoms with Gasteiger partial charge in [-0.2, -0.15) is 0 Å². The molecule has 2 rings (SSSR count). The molecule has 1 aliphatic carbocycles. The Bertz CT molecular complexity index is 269. The van der Waals surface area contributed by atoms with Gasteiger partial charge in [0, 0.05) is 12.0 Å². The molecule has 0 spiro atoms. The maximum absolute atomic E-state index is 5.58. The summed E-state index contributed by atoms with van der Waals surface area (Å²) < 4.78 is 5.58. The number of hydrogen-bond donors (Lipinski definition) is 0. The second-order valence-electron chi connectivity index (χ2n) is 3.28. The molecule has 1 nitrogen and oxygen atoms in total. The number of hydrogen-bond acceptors (Lipinski definition) is 1. The van der Waals surface area contributed by atoms with Crippen molar-refractivity contribution < 1.29 is 4.74 Å². The minimum absolute atomic E-state index is 0.793. The third-order valence-corrected chi connectivity index (χ3v) is 2.37. The first-order valence-electron chi connectivity index (χ1n) is 4.65. The fraction of sp³-hybridized carbons (Fsp3) is 0.455. The summed E-state index contributed by atoms with van der Waals surface area (Å²) >= 11 is 0. The zero-order valence-corrected chi connectivity index (χ0v) is 7.47. The van der Waals surface area contributed by atoms with Crippen molar-refractivity contribution in [2.45, 2.75) is 26.2 Å². The summed E-state index contributed by atoms with van der Waals surface area (Å²) in [6.45, 7) is 3.00. The fourth-order valence-corrected chi connectivity index (χ4v) is 1.64. The van der Waals surface area contributed by atoms with Crippen molar-refractivity contribution in [3.63, 3.8) is 0 Å². The molecule has 2 aliphatic rings. The summed E-state index contributed by atoms with van der Waals surface area (Å²) in [6, 6.07) is 0. The van der Waals surface area contributed by atoms with Crippen molar-refractivity contribution in [2.75, 3.05) is 6.61 Å². The Kier molecular flexibility index (Phi) is 2.03. The standard InChI is InChI=1S/C11H14O/c1-2-3-7-11-10-6-4-5-9(10)8-12-11/h4-6H,2-3,7-8H2,1H3. The first-order valence-corrected chi connectivity index (χ1v) is 4.65. The molecule has 0 amide bonds. The van der Waals surface area contributed by atoms with Crippen LogP contribution in [-0.4, -0.2) is 6.61 Å². The summed E-state index contributed by atoms with van der Waals surface area (Å²) in [5.41, 5.74) is 2.71. The Morgan fingerprint density at radius 1 is 1.50 bits per heavy atom. The van der Waals surface area contributed by atoms with E-state index >= 15 is 0 Å². The molecular weight excluding hydrogens is 148 g/mol. The van der Waals surface area contributed by atoms with Crippen LogP contribution in [0.4, 0.5) is 0 Å². The Morgan fingerprint density at radius 3 is 3.25 bits per heavy atom. The lowest BCUT2D eigenvalue weighted by Crippen LogP contribution is -1.86. The van der Waals surface area contributed by atoms with Crippen molar-refractivity contribution in [1.29, 1.82) is 0 Å². The van der Waals surface area contributed by atoms with Gasteiger partial charge in [-0.3, -0.25) is 0 Å². The van der Waals surface area contributed by atoms with E-state index in [-0.39, 0.29) is 0 Å². The third kappa shape index (κ3) is 1.20. The Morgan fingerprint density at radius 2 is 2.42 bits per heavy atom.